The molecule has 0 radical (unpaired) electrons. The van der Waals surface area contributed by atoms with Gasteiger partial charge in [0.2, 0.25) is 5.91 Å². The Hall–Kier alpha value is -1.66. The Morgan fingerprint density at radius 3 is 2.39 bits per heavy atom. The number of thiazole rings is 1. The predicted molar refractivity (Wildman–Crippen MR) is 72.9 cm³/mol. The van der Waals surface area contributed by atoms with Gasteiger partial charge in [0.25, 0.3) is 10.8 Å². The fourth-order valence-electron chi connectivity index (χ4n) is 1.66. The molecule has 0 aliphatic carbocycles. The van der Waals surface area contributed by atoms with Crippen molar-refractivity contribution in [2.45, 2.75) is 6.92 Å². The number of fused-ring (bicyclic) bond motifs is 1. The van der Waals surface area contributed by atoms with Gasteiger partial charge in [0.15, 0.2) is 0 Å². The van der Waals surface area contributed by atoms with E-state index in [-0.39, 0.29) is 5.91 Å². The molecule has 0 aliphatic rings. The molecule has 0 aliphatic heterocycles. The lowest BCUT2D eigenvalue weighted by Crippen LogP contribution is -2.68. The van der Waals surface area contributed by atoms with Gasteiger partial charge >= 0.3 is 4.14 Å². The quantitative estimate of drug-likeness (QED) is 0.505. The number of nitrogens with one attached hydrogen (secondary N) is 1. The van der Waals surface area contributed by atoms with E-state index < -0.39 is 10.2 Å². The number of hydrogen-bond acceptors (Lipinski definition) is 8. The van der Waals surface area contributed by atoms with E-state index >= 15 is 0 Å². The number of aromatic nitrogens is 2. The van der Waals surface area contributed by atoms with Crippen molar-refractivity contribution >= 4 is 37.9 Å². The number of carbonyl (C=O) groups is 1. The van der Waals surface area contributed by atoms with Crippen LogP contribution < -0.4 is 28.5 Å². The van der Waals surface area contributed by atoms with Crippen molar-refractivity contribution in [2.24, 2.45) is 0 Å². The average Bonchev–Trinajstić information content (AvgIpc) is 2.96. The third-order valence-corrected chi connectivity index (χ3v) is 4.38. The molecule has 23 heavy (non-hydrogen) atoms. The maximum Gasteiger partial charge on any atom is 0.354 e. The van der Waals surface area contributed by atoms with Gasteiger partial charge in [-0.2, -0.15) is 0 Å². The fourth-order valence-corrected chi connectivity index (χ4v) is 3.63. The van der Waals surface area contributed by atoms with Crippen LogP contribution in [0.5, 0.6) is 0 Å². The molecule has 0 atom stereocenters. The second kappa shape index (κ2) is 7.27. The van der Waals surface area contributed by atoms with Gasteiger partial charge in [0, 0.05) is 12.0 Å². The van der Waals surface area contributed by atoms with Crippen LogP contribution in [-0.4, -0.2) is 11.0 Å². The van der Waals surface area contributed by atoms with Crippen LogP contribution in [0.4, 0.5) is 5.13 Å². The zero-order valence-corrected chi connectivity index (χ0v) is 14.0. The summed E-state index contributed by atoms with van der Waals surface area (Å²) in [7, 11) is -4.94. The third kappa shape index (κ3) is 5.48. The maximum absolute atomic E-state index is 11.0. The van der Waals surface area contributed by atoms with Crippen molar-refractivity contribution < 1.29 is 38.2 Å². The van der Waals surface area contributed by atoms with Gasteiger partial charge in [-0.25, -0.2) is 18.6 Å². The second-order valence-corrected chi connectivity index (χ2v) is 6.98. The van der Waals surface area contributed by atoms with Crippen LogP contribution >= 0.6 is 22.7 Å². The lowest BCUT2D eigenvalue weighted by Gasteiger charge is -2.17. The summed E-state index contributed by atoms with van der Waals surface area (Å²) in [5.41, 5.74) is 2.16. The summed E-state index contributed by atoms with van der Waals surface area (Å²) in [4.78, 5) is 11.0. The van der Waals surface area contributed by atoms with Gasteiger partial charge in [0.05, 0.1) is 10.9 Å². The molecule has 0 bridgehead atoms. The maximum atomic E-state index is 11.0. The zero-order valence-electron chi connectivity index (χ0n) is 11.6. The monoisotopic (exact) mass is 375 g/mol. The molecule has 1 amide bonds. The molecule has 0 spiro atoms. The summed E-state index contributed by atoms with van der Waals surface area (Å²) in [6.45, 7) is 1.48. The van der Waals surface area contributed by atoms with Gasteiger partial charge < -0.3 is 0 Å². The number of benzene rings is 1. The Morgan fingerprint density at radius 1 is 1.22 bits per heavy atom. The van der Waals surface area contributed by atoms with Crippen molar-refractivity contribution in [1.29, 1.82) is 0 Å². The molecule has 2 heterocycles. The Kier molecular flexibility index (Phi) is 5.59. The van der Waals surface area contributed by atoms with Crippen molar-refractivity contribution in [3.8, 4) is 11.3 Å². The Morgan fingerprint density at radius 2 is 1.83 bits per heavy atom. The lowest BCUT2D eigenvalue weighted by molar-refractivity contribution is -2.00. The van der Waals surface area contributed by atoms with E-state index in [9.17, 15) is 4.79 Å². The molecule has 11 heteroatoms. The van der Waals surface area contributed by atoms with Crippen molar-refractivity contribution in [3.63, 3.8) is 0 Å². The van der Waals surface area contributed by atoms with Gasteiger partial charge in [-0.05, 0) is 28.0 Å². The number of hydrogen-bond donors (Lipinski definition) is 1. The molecule has 0 saturated heterocycles. The number of carbonyl (C=O) groups excluding carboxylic acids is 1. The first-order valence-corrected chi connectivity index (χ1v) is 8.92. The summed E-state index contributed by atoms with van der Waals surface area (Å²) >= 11 is 3.10. The minimum absolute atomic E-state index is 0.0988. The standard InChI is InChI=1S/C12H9N3OS2.ClHO4/c1-8(16)13-11-14-15-10(7-17-12(15)18-11)9-5-3-2-4-6-9;2-1(3,4)5/h2-7H,1H3;(H,2,3,4,5). The molecule has 3 aromatic rings. The molecule has 1 aromatic carbocycles. The summed E-state index contributed by atoms with van der Waals surface area (Å²) in [5.74, 6) is -0.0988. The first-order chi connectivity index (χ1) is 10.7. The molecule has 2 aromatic heterocycles. The van der Waals surface area contributed by atoms with Gasteiger partial charge in [-0.3, -0.25) is 10.1 Å². The topological polar surface area (TPSA) is 138 Å². The molecule has 0 fully saturated rings. The van der Waals surface area contributed by atoms with Gasteiger partial charge in [-0.1, -0.05) is 29.5 Å². The van der Waals surface area contributed by atoms with E-state index in [0.717, 1.165) is 15.4 Å². The molecule has 122 valence electrons. The van der Waals surface area contributed by atoms with Crippen LogP contribution in [0.1, 0.15) is 6.92 Å². The lowest BCUT2D eigenvalue weighted by atomic mass is 10.2. The van der Waals surface area contributed by atoms with E-state index in [1.807, 2.05) is 34.8 Å². The highest BCUT2D eigenvalue weighted by atomic mass is 35.7. The molecule has 1 N–H and O–H groups in total. The largest absolute Gasteiger partial charge is 0.354 e. The van der Waals surface area contributed by atoms with Crippen LogP contribution in [0, 0.1) is 10.2 Å². The second-order valence-electron chi connectivity index (χ2n) is 4.13. The van der Waals surface area contributed by atoms with Crippen LogP contribution in [0.2, 0.25) is 0 Å². The van der Waals surface area contributed by atoms with Crippen LogP contribution in [0.3, 0.4) is 0 Å². The van der Waals surface area contributed by atoms with Crippen LogP contribution in [0.15, 0.2) is 35.7 Å². The third-order valence-electron chi connectivity index (χ3n) is 2.40. The van der Waals surface area contributed by atoms with E-state index in [1.54, 1.807) is 11.3 Å². The zero-order chi connectivity index (χ0) is 17.0. The molecule has 0 unspecified atom stereocenters. The predicted octanol–water partition coefficient (Wildman–Crippen LogP) is -2.19. The number of anilines is 1. The summed E-state index contributed by atoms with van der Waals surface area (Å²) in [6.07, 6.45) is 0. The van der Waals surface area contributed by atoms with E-state index in [1.165, 1.54) is 18.3 Å². The molecule has 3 rings (SSSR count). The SMILES string of the molecule is CC(=O)Nc1n[n+]2c(-c3ccccc3)csc2s1.[O-][Cl+3]([O-])([O-])[O-]. The molecule has 8 nitrogen and oxygen atoms in total. The first kappa shape index (κ1) is 17.7. The number of rotatable bonds is 2. The first-order valence-electron chi connectivity index (χ1n) is 5.99. The summed E-state index contributed by atoms with van der Waals surface area (Å²) in [6, 6.07) is 10.1. The van der Waals surface area contributed by atoms with Gasteiger partial charge in [-0.15, -0.1) is 10.2 Å². The minimum Gasteiger partial charge on any atom is -0.297 e. The van der Waals surface area contributed by atoms with Crippen molar-refractivity contribution in [1.82, 2.24) is 5.10 Å². The van der Waals surface area contributed by atoms with Gasteiger partial charge in [0.1, 0.15) is 0 Å². The minimum atomic E-state index is -4.94. The van der Waals surface area contributed by atoms with Crippen LogP contribution in [0.25, 0.3) is 15.4 Å². The summed E-state index contributed by atoms with van der Waals surface area (Å²) < 4.78 is 36.9. The van der Waals surface area contributed by atoms with E-state index in [4.69, 9.17) is 18.6 Å². The molecule has 0 saturated carbocycles. The van der Waals surface area contributed by atoms with Crippen LogP contribution in [-0.2, 0) is 4.79 Å². The normalized spacial score (nSPS) is 11.0. The fraction of sp³-hybridized carbons (Fsp3) is 0.0833. The van der Waals surface area contributed by atoms with Crippen molar-refractivity contribution in [2.75, 3.05) is 5.32 Å². The highest BCUT2D eigenvalue weighted by Crippen LogP contribution is 2.25. The molecular formula is C12H10ClN3O5S2. The number of nitrogens with zero attached hydrogens (tertiary/aromatic N) is 2. The average molecular weight is 376 g/mol. The highest BCUT2D eigenvalue weighted by molar-refractivity contribution is 7.36. The highest BCUT2D eigenvalue weighted by Gasteiger charge is 2.22. The van der Waals surface area contributed by atoms with Crippen molar-refractivity contribution in [3.05, 3.63) is 35.7 Å². The van der Waals surface area contributed by atoms with E-state index in [2.05, 4.69) is 15.8 Å². The summed E-state index contributed by atoms with van der Waals surface area (Å²) in [5, 5.41) is 9.82. The number of amides is 1. The Balaban J connectivity index is 0.000000338. The van der Waals surface area contributed by atoms with E-state index in [0.29, 0.717) is 5.13 Å². The Bertz CT molecular complexity index is 794. The smallest absolute Gasteiger partial charge is 0.297 e. The number of halogens is 1. The molecular weight excluding hydrogens is 366 g/mol. The Labute approximate surface area is 140 Å².